The Morgan fingerprint density at radius 2 is 1.71 bits per heavy atom. The Morgan fingerprint density at radius 3 is 2.39 bits per heavy atom. The molecule has 5 nitrogen and oxygen atoms in total. The molecule has 0 atom stereocenters. The average Bonchev–Trinajstić information content (AvgIpc) is 2.76. The molecule has 1 saturated heterocycles. The zero-order chi connectivity index (χ0) is 21.0. The van der Waals surface area contributed by atoms with Gasteiger partial charge in [0.2, 0.25) is 0 Å². The smallest absolute Gasteiger partial charge is 0.409 e. The van der Waals surface area contributed by atoms with Crippen molar-refractivity contribution < 1.29 is 9.53 Å². The van der Waals surface area contributed by atoms with Crippen LogP contribution < -0.4 is 4.90 Å². The van der Waals surface area contributed by atoms with Crippen LogP contribution in [0.25, 0.3) is 10.9 Å². The fraction of sp³-hybridized carbons (Fsp3) is 0.600. The van der Waals surface area contributed by atoms with Crippen LogP contribution in [0.2, 0.25) is 5.02 Å². The molecule has 2 aromatic rings. The van der Waals surface area contributed by atoms with Gasteiger partial charge in [-0.2, -0.15) is 0 Å². The fourth-order valence-corrected chi connectivity index (χ4v) is 7.45. The van der Waals surface area contributed by atoms with Crippen molar-refractivity contribution in [2.45, 2.75) is 38.5 Å². The van der Waals surface area contributed by atoms with E-state index in [-0.39, 0.29) is 11.5 Å². The molecule has 6 heteroatoms. The zero-order valence-electron chi connectivity index (χ0n) is 17.9. The topological polar surface area (TPSA) is 45.7 Å². The van der Waals surface area contributed by atoms with Gasteiger partial charge in [0.15, 0.2) is 0 Å². The normalized spacial score (nSPS) is 32.0. The van der Waals surface area contributed by atoms with Crippen LogP contribution in [0, 0.1) is 23.2 Å². The second-order valence-electron chi connectivity index (χ2n) is 10.4. The number of ether oxygens (including phenoxy) is 1. The molecule has 4 aliphatic carbocycles. The van der Waals surface area contributed by atoms with E-state index in [0.717, 1.165) is 47.4 Å². The van der Waals surface area contributed by atoms with Crippen LogP contribution in [0.1, 0.15) is 38.5 Å². The Labute approximate surface area is 188 Å². The van der Waals surface area contributed by atoms with Crippen molar-refractivity contribution in [3.8, 4) is 0 Å². The van der Waals surface area contributed by atoms with Gasteiger partial charge < -0.3 is 14.5 Å². The van der Waals surface area contributed by atoms with Crippen molar-refractivity contribution in [2.24, 2.45) is 23.2 Å². The lowest BCUT2D eigenvalue weighted by molar-refractivity contribution is -0.0851. The predicted octanol–water partition coefficient (Wildman–Crippen LogP) is 5.36. The Kier molecular flexibility index (Phi) is 4.78. The van der Waals surface area contributed by atoms with E-state index in [2.05, 4.69) is 16.0 Å². The molecule has 1 aliphatic heterocycles. The lowest BCUT2D eigenvalue weighted by atomic mass is 9.50. The maximum absolute atomic E-state index is 12.8. The van der Waals surface area contributed by atoms with Crippen molar-refractivity contribution >= 4 is 34.3 Å². The first kappa shape index (κ1) is 19.7. The van der Waals surface area contributed by atoms with Gasteiger partial charge in [0.25, 0.3) is 0 Å². The van der Waals surface area contributed by atoms with Crippen LogP contribution in [-0.4, -0.2) is 48.8 Å². The van der Waals surface area contributed by atoms with Crippen LogP contribution >= 0.6 is 11.6 Å². The summed E-state index contributed by atoms with van der Waals surface area (Å²) in [6.07, 6.45) is 9.81. The van der Waals surface area contributed by atoms with E-state index in [4.69, 9.17) is 16.3 Å². The molecule has 0 N–H and O–H groups in total. The van der Waals surface area contributed by atoms with E-state index >= 15 is 0 Å². The third kappa shape index (κ3) is 3.65. The number of fused-ring (bicyclic) bond motifs is 1. The highest BCUT2D eigenvalue weighted by atomic mass is 35.5. The van der Waals surface area contributed by atoms with Crippen molar-refractivity contribution in [1.29, 1.82) is 0 Å². The molecule has 1 aromatic carbocycles. The Bertz CT molecular complexity index is 966. The molecule has 7 rings (SSSR count). The number of benzene rings is 1. The molecular weight excluding hydrogens is 410 g/mol. The first-order chi connectivity index (χ1) is 15.1. The van der Waals surface area contributed by atoms with E-state index in [1.807, 2.05) is 29.3 Å². The Balaban J connectivity index is 1.07. The lowest BCUT2D eigenvalue weighted by Gasteiger charge is -2.56. The van der Waals surface area contributed by atoms with Gasteiger partial charge in [-0.15, -0.1) is 0 Å². The van der Waals surface area contributed by atoms with Gasteiger partial charge in [-0.05, 0) is 80.5 Å². The summed E-state index contributed by atoms with van der Waals surface area (Å²) >= 11 is 6.13. The maximum Gasteiger partial charge on any atom is 0.409 e. The minimum atomic E-state index is -0.123. The molecule has 1 aromatic heterocycles. The highest BCUT2D eigenvalue weighted by molar-refractivity contribution is 6.31. The minimum Gasteiger partial charge on any atom is -0.449 e. The van der Waals surface area contributed by atoms with E-state index in [9.17, 15) is 4.79 Å². The third-order valence-electron chi connectivity index (χ3n) is 8.23. The van der Waals surface area contributed by atoms with Gasteiger partial charge in [0.1, 0.15) is 0 Å². The SMILES string of the molecule is O=C(OCC12CC3CC(CC(C3)C1)C2)N1CCN(c2ccnc3cc(Cl)ccc23)CC1. The number of halogens is 1. The fourth-order valence-electron chi connectivity index (χ4n) is 7.28. The van der Waals surface area contributed by atoms with Crippen molar-refractivity contribution in [2.75, 3.05) is 37.7 Å². The molecule has 5 fully saturated rings. The molecule has 1 amide bonds. The number of carbonyl (C=O) groups is 1. The molecule has 0 spiro atoms. The van der Waals surface area contributed by atoms with Crippen LogP contribution in [-0.2, 0) is 4.74 Å². The molecule has 5 aliphatic rings. The van der Waals surface area contributed by atoms with E-state index in [1.54, 1.807) is 0 Å². The van der Waals surface area contributed by atoms with Gasteiger partial charge >= 0.3 is 6.09 Å². The van der Waals surface area contributed by atoms with Gasteiger partial charge in [-0.1, -0.05) is 11.6 Å². The van der Waals surface area contributed by atoms with Gasteiger partial charge in [-0.25, -0.2) is 4.79 Å². The number of nitrogens with zero attached hydrogens (tertiary/aromatic N) is 3. The number of amides is 1. The molecule has 31 heavy (non-hydrogen) atoms. The first-order valence-corrected chi connectivity index (χ1v) is 12.2. The van der Waals surface area contributed by atoms with Crippen molar-refractivity contribution in [1.82, 2.24) is 9.88 Å². The number of hydrogen-bond acceptors (Lipinski definition) is 4. The predicted molar refractivity (Wildman–Crippen MR) is 122 cm³/mol. The summed E-state index contributed by atoms with van der Waals surface area (Å²) in [7, 11) is 0. The molecule has 0 radical (unpaired) electrons. The van der Waals surface area contributed by atoms with Gasteiger partial charge in [0.05, 0.1) is 12.1 Å². The molecule has 164 valence electrons. The zero-order valence-corrected chi connectivity index (χ0v) is 18.7. The Hall–Kier alpha value is -2.01. The third-order valence-corrected chi connectivity index (χ3v) is 8.46. The highest BCUT2D eigenvalue weighted by Crippen LogP contribution is 2.60. The standard InChI is InChI=1S/C25H30ClN3O2/c26-20-1-2-21-22(12-20)27-4-3-23(21)28-5-7-29(8-6-28)24(30)31-16-25-13-17-9-18(14-25)11-19(10-17)15-25/h1-4,12,17-19H,5-11,13-16H2. The summed E-state index contributed by atoms with van der Waals surface area (Å²) in [5, 5.41) is 1.80. The Morgan fingerprint density at radius 1 is 1.03 bits per heavy atom. The maximum atomic E-state index is 12.8. The molecular formula is C25H30ClN3O2. The number of anilines is 1. The molecule has 4 bridgehead atoms. The van der Waals surface area contributed by atoms with Crippen molar-refractivity contribution in [3.05, 3.63) is 35.5 Å². The summed E-state index contributed by atoms with van der Waals surface area (Å²) in [6.45, 7) is 3.61. The van der Waals surface area contributed by atoms with Crippen LogP contribution in [0.15, 0.2) is 30.5 Å². The van der Waals surface area contributed by atoms with E-state index < -0.39 is 0 Å². The molecule has 4 saturated carbocycles. The first-order valence-electron chi connectivity index (χ1n) is 11.8. The second kappa shape index (κ2) is 7.54. The number of hydrogen-bond donors (Lipinski definition) is 0. The molecule has 0 unspecified atom stereocenters. The number of rotatable bonds is 3. The number of pyridine rings is 1. The largest absolute Gasteiger partial charge is 0.449 e. The summed E-state index contributed by atoms with van der Waals surface area (Å²) < 4.78 is 5.93. The second-order valence-corrected chi connectivity index (χ2v) is 10.9. The molecule has 2 heterocycles. The van der Waals surface area contributed by atoms with E-state index in [1.165, 1.54) is 38.5 Å². The van der Waals surface area contributed by atoms with Crippen LogP contribution in [0.3, 0.4) is 0 Å². The van der Waals surface area contributed by atoms with E-state index in [0.29, 0.717) is 24.7 Å². The number of aromatic nitrogens is 1. The van der Waals surface area contributed by atoms with Gasteiger partial charge in [0, 0.05) is 53.9 Å². The summed E-state index contributed by atoms with van der Waals surface area (Å²) in [6, 6.07) is 7.90. The monoisotopic (exact) mass is 439 g/mol. The summed E-state index contributed by atoms with van der Waals surface area (Å²) in [5.74, 6) is 2.66. The average molecular weight is 440 g/mol. The minimum absolute atomic E-state index is 0.123. The van der Waals surface area contributed by atoms with Crippen molar-refractivity contribution in [3.63, 3.8) is 0 Å². The van der Waals surface area contributed by atoms with Gasteiger partial charge in [-0.3, -0.25) is 4.98 Å². The lowest BCUT2D eigenvalue weighted by Crippen LogP contribution is -2.51. The number of carbonyl (C=O) groups excluding carboxylic acids is 1. The highest BCUT2D eigenvalue weighted by Gasteiger charge is 2.51. The summed E-state index contributed by atoms with van der Waals surface area (Å²) in [5.41, 5.74) is 2.34. The van der Waals surface area contributed by atoms with Crippen LogP contribution in [0.4, 0.5) is 10.5 Å². The quantitative estimate of drug-likeness (QED) is 0.645. The van der Waals surface area contributed by atoms with Crippen LogP contribution in [0.5, 0.6) is 0 Å². The number of piperazine rings is 1. The summed E-state index contributed by atoms with van der Waals surface area (Å²) in [4.78, 5) is 21.5.